The Labute approximate surface area is 180 Å². The van der Waals surface area contributed by atoms with E-state index in [0.717, 1.165) is 23.1 Å². The molecule has 2 heterocycles. The van der Waals surface area contributed by atoms with Crippen molar-refractivity contribution in [2.24, 2.45) is 5.92 Å². The fourth-order valence-electron chi connectivity index (χ4n) is 3.83. The van der Waals surface area contributed by atoms with Crippen LogP contribution in [0.3, 0.4) is 0 Å². The summed E-state index contributed by atoms with van der Waals surface area (Å²) >= 11 is 6.19. The maximum absolute atomic E-state index is 12.8. The second-order valence-electron chi connectivity index (χ2n) is 7.64. The summed E-state index contributed by atoms with van der Waals surface area (Å²) in [5.74, 6) is -1.87. The Morgan fingerprint density at radius 3 is 2.30 bits per heavy atom. The zero-order valence-electron chi connectivity index (χ0n) is 16.5. The van der Waals surface area contributed by atoms with E-state index in [-0.39, 0.29) is 22.0 Å². The molecule has 30 heavy (non-hydrogen) atoms. The molecular weight excluding hydrogens is 426 g/mol. The lowest BCUT2D eigenvalue weighted by atomic mass is 10.1. The number of nitrogens with one attached hydrogen (secondary N) is 1. The van der Waals surface area contributed by atoms with Crippen molar-refractivity contribution < 1.29 is 18.0 Å². The molecule has 158 valence electrons. The normalized spacial score (nSPS) is 20.6. The van der Waals surface area contributed by atoms with Crippen LogP contribution in [0.5, 0.6) is 0 Å². The summed E-state index contributed by atoms with van der Waals surface area (Å²) in [6, 6.07) is 11.7. The molecule has 0 aromatic heterocycles. The number of hydrogen-bond acceptors (Lipinski definition) is 5. The lowest BCUT2D eigenvalue weighted by Crippen LogP contribution is -2.30. The average Bonchev–Trinajstić information content (AvgIpc) is 3.30. The Hall–Kier alpha value is -2.58. The summed E-state index contributed by atoms with van der Waals surface area (Å²) in [7, 11) is -3.76. The number of rotatable bonds is 4. The zero-order valence-corrected chi connectivity index (χ0v) is 18.0. The van der Waals surface area contributed by atoms with E-state index in [1.165, 1.54) is 31.0 Å². The van der Waals surface area contributed by atoms with Crippen molar-refractivity contribution in [2.75, 3.05) is 33.4 Å². The third kappa shape index (κ3) is 3.89. The molecule has 2 aliphatic heterocycles. The van der Waals surface area contributed by atoms with Gasteiger partial charge in [-0.15, -0.1) is 0 Å². The zero-order chi connectivity index (χ0) is 21.5. The van der Waals surface area contributed by atoms with E-state index in [1.807, 2.05) is 24.3 Å². The van der Waals surface area contributed by atoms with Crippen molar-refractivity contribution in [1.82, 2.24) is 0 Å². The molecule has 9 heteroatoms. The Bertz CT molecular complexity index is 1100. The molecule has 2 aromatic rings. The molecule has 4 rings (SSSR count). The van der Waals surface area contributed by atoms with Gasteiger partial charge in [-0.2, -0.15) is 0 Å². The quantitative estimate of drug-likeness (QED) is 0.775. The Balaban J connectivity index is 1.56. The van der Waals surface area contributed by atoms with Gasteiger partial charge in [-0.05, 0) is 55.3 Å². The first-order chi connectivity index (χ1) is 14.3. The predicted octanol–water partition coefficient (Wildman–Crippen LogP) is 3.51. The maximum atomic E-state index is 12.8. The lowest BCUT2D eigenvalue weighted by molar-refractivity contribution is -0.119. The minimum absolute atomic E-state index is 0.0975. The minimum Gasteiger partial charge on any atom is -0.372 e. The number of benzene rings is 2. The van der Waals surface area contributed by atoms with Gasteiger partial charge >= 0.3 is 0 Å². The van der Waals surface area contributed by atoms with E-state index in [4.69, 9.17) is 11.6 Å². The van der Waals surface area contributed by atoms with Gasteiger partial charge in [-0.3, -0.25) is 9.59 Å². The molecule has 2 aromatic carbocycles. The highest BCUT2D eigenvalue weighted by Gasteiger charge is 2.42. The first-order valence-corrected chi connectivity index (χ1v) is 11.8. The molecule has 7 nitrogen and oxygen atoms in total. The van der Waals surface area contributed by atoms with Gasteiger partial charge in [0.25, 0.3) is 5.91 Å². The van der Waals surface area contributed by atoms with Crippen LogP contribution < -0.4 is 14.5 Å². The van der Waals surface area contributed by atoms with Gasteiger partial charge in [0.1, 0.15) is 0 Å². The molecule has 2 aliphatic rings. The Kier molecular flexibility index (Phi) is 5.46. The van der Waals surface area contributed by atoms with E-state index >= 15 is 0 Å². The van der Waals surface area contributed by atoms with Crippen LogP contribution in [0.4, 0.5) is 17.1 Å². The van der Waals surface area contributed by atoms with Crippen molar-refractivity contribution >= 4 is 50.5 Å². The van der Waals surface area contributed by atoms with E-state index in [9.17, 15) is 18.0 Å². The van der Waals surface area contributed by atoms with Crippen molar-refractivity contribution in [3.63, 3.8) is 0 Å². The highest BCUT2D eigenvalue weighted by Crippen LogP contribution is 2.31. The predicted molar refractivity (Wildman–Crippen MR) is 118 cm³/mol. The smallest absolute Gasteiger partial charge is 0.257 e. The summed E-state index contributed by atoms with van der Waals surface area (Å²) < 4.78 is 25.5. The van der Waals surface area contributed by atoms with Crippen molar-refractivity contribution in [1.29, 1.82) is 0 Å². The Morgan fingerprint density at radius 1 is 1.07 bits per heavy atom. The van der Waals surface area contributed by atoms with E-state index in [1.54, 1.807) is 6.92 Å². The molecule has 1 unspecified atom stereocenters. The number of carbonyl (C=O) groups is 2. The van der Waals surface area contributed by atoms with Crippen LogP contribution >= 0.6 is 11.6 Å². The molecule has 0 radical (unpaired) electrons. The molecule has 0 aliphatic carbocycles. The summed E-state index contributed by atoms with van der Waals surface area (Å²) in [4.78, 5) is 27.4. The summed E-state index contributed by atoms with van der Waals surface area (Å²) in [5, 5.41) is 2.95. The fraction of sp³-hybridized carbons (Fsp3) is 0.333. The van der Waals surface area contributed by atoms with Crippen LogP contribution in [0.1, 0.15) is 30.1 Å². The van der Waals surface area contributed by atoms with E-state index in [2.05, 4.69) is 10.2 Å². The largest absolute Gasteiger partial charge is 0.372 e. The van der Waals surface area contributed by atoms with Gasteiger partial charge in [-0.25, -0.2) is 12.7 Å². The van der Waals surface area contributed by atoms with Crippen LogP contribution in [0.15, 0.2) is 42.5 Å². The second-order valence-corrected chi connectivity index (χ2v) is 9.91. The van der Waals surface area contributed by atoms with Gasteiger partial charge in [-0.1, -0.05) is 18.5 Å². The molecule has 1 N–H and O–H groups in total. The van der Waals surface area contributed by atoms with Crippen LogP contribution in [-0.2, 0) is 14.8 Å². The monoisotopic (exact) mass is 447 g/mol. The first kappa shape index (κ1) is 20.7. The van der Waals surface area contributed by atoms with Crippen LogP contribution in [0.25, 0.3) is 0 Å². The number of anilines is 3. The summed E-state index contributed by atoms with van der Waals surface area (Å²) in [6.07, 6.45) is 2.36. The standard InChI is InChI=1S/C21H22ClN3O4S/c1-14-13-30(28,29)25(21(14)27)17-8-9-19(22)18(12-17)20(26)23-15-4-6-16(7-5-15)24-10-2-3-11-24/h4-9,12,14H,2-3,10-11,13H2,1H3,(H,23,26). The summed E-state index contributed by atoms with van der Waals surface area (Å²) in [6.45, 7) is 3.63. The number of hydrogen-bond donors (Lipinski definition) is 1. The number of halogens is 1. The second kappa shape index (κ2) is 7.92. The molecule has 1 atom stereocenters. The van der Waals surface area contributed by atoms with Gasteiger partial charge in [0.15, 0.2) is 0 Å². The maximum Gasteiger partial charge on any atom is 0.257 e. The number of sulfonamides is 1. The summed E-state index contributed by atoms with van der Waals surface area (Å²) in [5.41, 5.74) is 1.92. The van der Waals surface area contributed by atoms with Crippen LogP contribution in [-0.4, -0.2) is 39.1 Å². The van der Waals surface area contributed by atoms with Crippen molar-refractivity contribution in [3.8, 4) is 0 Å². The molecular formula is C21H22ClN3O4S. The number of nitrogens with zero attached hydrogens (tertiary/aromatic N) is 2. The molecule has 2 amide bonds. The van der Waals surface area contributed by atoms with E-state index in [0.29, 0.717) is 5.69 Å². The number of carbonyl (C=O) groups excluding carboxylic acids is 2. The SMILES string of the molecule is CC1CS(=O)(=O)N(c2ccc(Cl)c(C(=O)Nc3ccc(N4CCCC4)cc3)c2)C1=O. The third-order valence-electron chi connectivity index (χ3n) is 5.39. The van der Waals surface area contributed by atoms with Crippen LogP contribution in [0.2, 0.25) is 5.02 Å². The molecule has 2 saturated heterocycles. The van der Waals surface area contributed by atoms with Crippen molar-refractivity contribution in [3.05, 3.63) is 53.1 Å². The van der Waals surface area contributed by atoms with Gasteiger partial charge < -0.3 is 10.2 Å². The highest BCUT2D eigenvalue weighted by atomic mass is 35.5. The first-order valence-electron chi connectivity index (χ1n) is 9.79. The fourth-order valence-corrected chi connectivity index (χ4v) is 5.85. The average molecular weight is 448 g/mol. The van der Waals surface area contributed by atoms with E-state index < -0.39 is 27.8 Å². The highest BCUT2D eigenvalue weighted by molar-refractivity contribution is 7.94. The third-order valence-corrected chi connectivity index (χ3v) is 7.58. The molecule has 2 fully saturated rings. The van der Waals surface area contributed by atoms with Gasteiger partial charge in [0.05, 0.1) is 27.9 Å². The molecule has 0 saturated carbocycles. The molecule has 0 spiro atoms. The lowest BCUT2D eigenvalue weighted by Gasteiger charge is -2.18. The van der Waals surface area contributed by atoms with Gasteiger partial charge in [0.2, 0.25) is 15.9 Å². The van der Waals surface area contributed by atoms with Crippen molar-refractivity contribution in [2.45, 2.75) is 19.8 Å². The molecule has 0 bridgehead atoms. The Morgan fingerprint density at radius 2 is 1.70 bits per heavy atom. The topological polar surface area (TPSA) is 86.8 Å². The number of amides is 2. The van der Waals surface area contributed by atoms with Crippen LogP contribution in [0, 0.1) is 5.92 Å². The minimum atomic E-state index is -3.76. The van der Waals surface area contributed by atoms with Gasteiger partial charge in [0, 0.05) is 24.5 Å².